The first-order chi connectivity index (χ1) is 16.1. The van der Waals surface area contributed by atoms with Crippen molar-refractivity contribution in [1.82, 2.24) is 5.32 Å². The van der Waals surface area contributed by atoms with Crippen LogP contribution < -0.4 is 14.4 Å². The number of benzene rings is 2. The van der Waals surface area contributed by atoms with Gasteiger partial charge in [0, 0.05) is 17.0 Å². The first kappa shape index (κ1) is 23.8. The van der Waals surface area contributed by atoms with Crippen molar-refractivity contribution in [2.24, 2.45) is 4.99 Å². The summed E-state index contributed by atoms with van der Waals surface area (Å²) in [4.78, 5) is 30.2. The van der Waals surface area contributed by atoms with Crippen LogP contribution >= 0.6 is 11.6 Å². The summed E-state index contributed by atoms with van der Waals surface area (Å²) in [5.41, 5.74) is 1.48. The second kappa shape index (κ2) is 9.11. The molecule has 0 spiro atoms. The maximum absolute atomic E-state index is 13.0. The van der Waals surface area contributed by atoms with Gasteiger partial charge >= 0.3 is 5.97 Å². The van der Waals surface area contributed by atoms with Crippen LogP contribution in [0.2, 0.25) is 5.02 Å². The quantitative estimate of drug-likeness (QED) is 0.606. The average molecular weight is 504 g/mol. The van der Waals surface area contributed by atoms with Crippen molar-refractivity contribution in [3.63, 3.8) is 0 Å². The van der Waals surface area contributed by atoms with Gasteiger partial charge in [-0.25, -0.2) is 18.2 Å². The van der Waals surface area contributed by atoms with E-state index in [-0.39, 0.29) is 30.0 Å². The van der Waals surface area contributed by atoms with Gasteiger partial charge in [0.1, 0.15) is 17.2 Å². The van der Waals surface area contributed by atoms with Crippen LogP contribution in [0.15, 0.2) is 58.7 Å². The Balaban J connectivity index is 1.90. The molecule has 9 nitrogen and oxygen atoms in total. The number of aliphatic imine (C=N–C) groups is 1. The average Bonchev–Trinajstić information content (AvgIpc) is 3.31. The molecule has 0 fully saturated rings. The Morgan fingerprint density at radius 1 is 1.24 bits per heavy atom. The molecule has 178 valence electrons. The number of sulfonamides is 1. The molecule has 11 heteroatoms. The summed E-state index contributed by atoms with van der Waals surface area (Å²) in [6, 6.07) is 10.6. The lowest BCUT2D eigenvalue weighted by atomic mass is 9.98. The predicted octanol–water partition coefficient (Wildman–Crippen LogP) is 2.76. The molecule has 34 heavy (non-hydrogen) atoms. The van der Waals surface area contributed by atoms with E-state index < -0.39 is 27.9 Å². The molecule has 1 atom stereocenters. The third-order valence-corrected chi connectivity index (χ3v) is 6.84. The molecule has 1 unspecified atom stereocenters. The molecule has 0 aliphatic carbocycles. The fourth-order valence-corrected chi connectivity index (χ4v) is 5.46. The number of hydrogen-bond acceptors (Lipinski definition) is 7. The van der Waals surface area contributed by atoms with E-state index in [2.05, 4.69) is 10.3 Å². The van der Waals surface area contributed by atoms with Crippen molar-refractivity contribution < 1.29 is 27.5 Å². The highest BCUT2D eigenvalue weighted by molar-refractivity contribution is 7.92. The van der Waals surface area contributed by atoms with Gasteiger partial charge in [-0.15, -0.1) is 0 Å². The summed E-state index contributed by atoms with van der Waals surface area (Å²) in [7, 11) is -2.28. The normalized spacial score (nSPS) is 18.8. The number of nitrogens with zero attached hydrogens (tertiary/aromatic N) is 2. The zero-order chi connectivity index (χ0) is 24.6. The largest absolute Gasteiger partial charge is 0.497 e. The molecule has 0 radical (unpaired) electrons. The highest BCUT2D eigenvalue weighted by Gasteiger charge is 2.46. The van der Waals surface area contributed by atoms with E-state index in [0.717, 1.165) is 6.26 Å². The van der Waals surface area contributed by atoms with Crippen molar-refractivity contribution in [1.29, 1.82) is 0 Å². The number of carbonyl (C=O) groups is 2. The molecule has 2 heterocycles. The summed E-state index contributed by atoms with van der Waals surface area (Å²) in [6.07, 6.45) is 1.26. The van der Waals surface area contributed by atoms with Crippen molar-refractivity contribution in [3.8, 4) is 5.75 Å². The second-order valence-electron chi connectivity index (χ2n) is 7.67. The summed E-state index contributed by atoms with van der Waals surface area (Å²) >= 11 is 6.14. The molecule has 2 aromatic rings. The second-order valence-corrected chi connectivity index (χ2v) is 9.97. The first-order valence-corrected chi connectivity index (χ1v) is 12.6. The fourth-order valence-electron chi connectivity index (χ4n) is 4.09. The van der Waals surface area contributed by atoms with Gasteiger partial charge in [0.05, 0.1) is 37.4 Å². The molecule has 1 N–H and O–H groups in total. The molecular formula is C23H22ClN3O6S. The number of fused-ring (bicyclic) bond motifs is 1. The van der Waals surface area contributed by atoms with E-state index in [1.165, 1.54) is 11.4 Å². The van der Waals surface area contributed by atoms with Crippen LogP contribution in [0.4, 0.5) is 11.4 Å². The van der Waals surface area contributed by atoms with Crippen molar-refractivity contribution in [2.45, 2.75) is 19.4 Å². The highest BCUT2D eigenvalue weighted by atomic mass is 35.5. The minimum atomic E-state index is -3.81. The summed E-state index contributed by atoms with van der Waals surface area (Å²) in [5, 5.41) is 2.98. The number of amides is 1. The number of ether oxygens (including phenoxy) is 2. The molecule has 2 aliphatic heterocycles. The van der Waals surface area contributed by atoms with Gasteiger partial charge in [0.15, 0.2) is 0 Å². The van der Waals surface area contributed by atoms with E-state index in [9.17, 15) is 18.0 Å². The number of esters is 1. The van der Waals surface area contributed by atoms with E-state index >= 15 is 0 Å². The van der Waals surface area contributed by atoms with Crippen molar-refractivity contribution in [3.05, 3.63) is 64.3 Å². The molecule has 0 saturated carbocycles. The van der Waals surface area contributed by atoms with Crippen molar-refractivity contribution in [2.75, 3.05) is 24.3 Å². The Hall–Kier alpha value is -3.37. The van der Waals surface area contributed by atoms with E-state index in [0.29, 0.717) is 27.7 Å². The lowest BCUT2D eigenvalue weighted by molar-refractivity contribution is -0.139. The lowest BCUT2D eigenvalue weighted by Gasteiger charge is -2.26. The van der Waals surface area contributed by atoms with Gasteiger partial charge in [-0.3, -0.25) is 9.10 Å². The molecule has 0 bridgehead atoms. The first-order valence-electron chi connectivity index (χ1n) is 10.4. The van der Waals surface area contributed by atoms with Gasteiger partial charge in [-0.2, -0.15) is 0 Å². The molecule has 1 amide bonds. The minimum absolute atomic E-state index is 0.0641. The maximum atomic E-state index is 13.0. The standard InChI is InChI=1S/C23H22ClN3O6S/c1-4-33-23(29)21-19(20(22(28)26-21)25-15-6-8-16(32-2)9-7-15)18-12-13-11-14(24)5-10-17(13)27(18)34(3,30)31/h5-11,18H,4,12H2,1-3H3,(H,25,26,28). The van der Waals surface area contributed by atoms with Crippen molar-refractivity contribution >= 4 is 50.6 Å². The molecule has 2 aliphatic rings. The molecular weight excluding hydrogens is 482 g/mol. The van der Waals surface area contributed by atoms with Gasteiger partial charge in [-0.1, -0.05) is 11.6 Å². The van der Waals surface area contributed by atoms with Crippen LogP contribution in [0.3, 0.4) is 0 Å². The molecule has 4 rings (SSSR count). The van der Waals surface area contributed by atoms with Crippen LogP contribution in [-0.4, -0.2) is 52.0 Å². The monoisotopic (exact) mass is 503 g/mol. The maximum Gasteiger partial charge on any atom is 0.355 e. The smallest absolute Gasteiger partial charge is 0.355 e. The topological polar surface area (TPSA) is 114 Å². The predicted molar refractivity (Wildman–Crippen MR) is 128 cm³/mol. The van der Waals surface area contributed by atoms with E-state index in [1.807, 2.05) is 0 Å². The van der Waals surface area contributed by atoms with Gasteiger partial charge < -0.3 is 14.8 Å². The van der Waals surface area contributed by atoms with E-state index in [1.54, 1.807) is 49.4 Å². The summed E-state index contributed by atoms with van der Waals surface area (Å²) in [6.45, 7) is 1.71. The molecule has 2 aromatic carbocycles. The summed E-state index contributed by atoms with van der Waals surface area (Å²) in [5.74, 6) is -0.793. The molecule has 0 saturated heterocycles. The Morgan fingerprint density at radius 3 is 2.56 bits per heavy atom. The van der Waals surface area contributed by atoms with Crippen LogP contribution in [0.1, 0.15) is 12.5 Å². The Labute approximate surface area is 202 Å². The Bertz CT molecular complexity index is 1330. The number of nitrogens with one attached hydrogen (secondary N) is 1. The zero-order valence-electron chi connectivity index (χ0n) is 18.7. The Morgan fingerprint density at radius 2 is 1.94 bits per heavy atom. The lowest BCUT2D eigenvalue weighted by Crippen LogP contribution is -2.40. The van der Waals surface area contributed by atoms with Gasteiger partial charge in [0.25, 0.3) is 5.91 Å². The number of carbonyl (C=O) groups excluding carboxylic acids is 2. The fraction of sp³-hybridized carbons (Fsp3) is 0.261. The third kappa shape index (κ3) is 4.38. The van der Waals surface area contributed by atoms with Gasteiger partial charge in [0.2, 0.25) is 10.0 Å². The highest BCUT2D eigenvalue weighted by Crippen LogP contribution is 2.40. The number of hydrogen-bond donors (Lipinski definition) is 1. The van der Waals surface area contributed by atoms with E-state index in [4.69, 9.17) is 21.1 Å². The van der Waals surface area contributed by atoms with Gasteiger partial charge in [-0.05, 0) is 55.0 Å². The summed E-state index contributed by atoms with van der Waals surface area (Å²) < 4.78 is 37.2. The van der Waals surface area contributed by atoms with Crippen LogP contribution in [0.25, 0.3) is 0 Å². The molecule has 0 aromatic heterocycles. The zero-order valence-corrected chi connectivity index (χ0v) is 20.2. The number of halogens is 1. The van der Waals surface area contributed by atoms with Crippen LogP contribution in [-0.2, 0) is 30.8 Å². The van der Waals surface area contributed by atoms with Crippen LogP contribution in [0.5, 0.6) is 5.75 Å². The number of anilines is 1. The number of methoxy groups -OCH3 is 1. The number of rotatable bonds is 6. The van der Waals surface area contributed by atoms with Crippen LogP contribution in [0, 0.1) is 0 Å². The SMILES string of the molecule is CCOC(=O)C1=C(C2Cc3cc(Cl)ccc3N2S(C)(=O)=O)C(=Nc2ccc(OC)cc2)C(=O)N1. The Kier molecular flexibility index (Phi) is 6.37. The minimum Gasteiger partial charge on any atom is -0.497 e. The third-order valence-electron chi connectivity index (χ3n) is 5.44.